The molecular formula is C20H25N3O2. The van der Waals surface area contributed by atoms with Crippen molar-refractivity contribution in [2.45, 2.75) is 33.6 Å². The molecule has 2 aromatic rings. The van der Waals surface area contributed by atoms with Crippen molar-refractivity contribution < 1.29 is 9.59 Å². The summed E-state index contributed by atoms with van der Waals surface area (Å²) >= 11 is 0. The Bertz CT molecular complexity index is 752. The lowest BCUT2D eigenvalue weighted by Crippen LogP contribution is -2.13. The fourth-order valence-corrected chi connectivity index (χ4v) is 2.41. The lowest BCUT2D eigenvalue weighted by molar-refractivity contribution is -0.116. The molecule has 5 nitrogen and oxygen atoms in total. The first-order chi connectivity index (χ1) is 11.9. The Kier molecular flexibility index (Phi) is 6.17. The number of nitrogens with one attached hydrogen (secondary N) is 2. The Hall–Kier alpha value is -2.82. The van der Waals surface area contributed by atoms with Crippen molar-refractivity contribution in [1.82, 2.24) is 0 Å². The van der Waals surface area contributed by atoms with E-state index in [-0.39, 0.29) is 5.91 Å². The van der Waals surface area contributed by atoms with Gasteiger partial charge in [0.15, 0.2) is 0 Å². The number of benzene rings is 2. The Morgan fingerprint density at radius 3 is 2.28 bits per heavy atom. The molecule has 0 bridgehead atoms. The van der Waals surface area contributed by atoms with Crippen LogP contribution in [0, 0.1) is 12.8 Å². The fourth-order valence-electron chi connectivity index (χ4n) is 2.41. The molecule has 0 aromatic heterocycles. The lowest BCUT2D eigenvalue weighted by atomic mass is 10.1. The van der Waals surface area contributed by atoms with Crippen LogP contribution in [0.3, 0.4) is 0 Å². The highest BCUT2D eigenvalue weighted by Crippen LogP contribution is 2.27. The molecule has 0 unspecified atom stereocenters. The molecule has 0 spiro atoms. The number of rotatable bonds is 7. The van der Waals surface area contributed by atoms with Gasteiger partial charge in [-0.2, -0.15) is 0 Å². The van der Waals surface area contributed by atoms with Gasteiger partial charge in [-0.05, 0) is 61.2 Å². The summed E-state index contributed by atoms with van der Waals surface area (Å²) < 4.78 is 0. The zero-order valence-electron chi connectivity index (χ0n) is 14.9. The van der Waals surface area contributed by atoms with Gasteiger partial charge in [-0.15, -0.1) is 0 Å². The third kappa shape index (κ3) is 5.35. The Morgan fingerprint density at radius 2 is 1.68 bits per heavy atom. The van der Waals surface area contributed by atoms with E-state index in [1.807, 2.05) is 25.1 Å². The maximum atomic E-state index is 12.1. The van der Waals surface area contributed by atoms with Crippen LogP contribution in [0.2, 0.25) is 0 Å². The minimum Gasteiger partial charge on any atom is -0.366 e. The number of hydrogen-bond donors (Lipinski definition) is 3. The topological polar surface area (TPSA) is 84.2 Å². The molecule has 132 valence electrons. The van der Waals surface area contributed by atoms with Crippen LogP contribution >= 0.6 is 0 Å². The molecule has 0 aliphatic carbocycles. The Labute approximate surface area is 148 Å². The van der Waals surface area contributed by atoms with Gasteiger partial charge in [0, 0.05) is 29.0 Å². The highest BCUT2D eigenvalue weighted by molar-refractivity contribution is 5.94. The molecule has 2 amide bonds. The summed E-state index contributed by atoms with van der Waals surface area (Å²) in [7, 11) is 0. The summed E-state index contributed by atoms with van der Waals surface area (Å²) in [6, 6.07) is 12.7. The molecule has 5 heteroatoms. The smallest absolute Gasteiger partial charge is 0.248 e. The first-order valence-corrected chi connectivity index (χ1v) is 8.43. The maximum Gasteiger partial charge on any atom is 0.248 e. The molecule has 4 N–H and O–H groups in total. The van der Waals surface area contributed by atoms with E-state index in [1.165, 1.54) is 0 Å². The molecule has 0 radical (unpaired) electrons. The monoisotopic (exact) mass is 339 g/mol. The maximum absolute atomic E-state index is 12.1. The normalized spacial score (nSPS) is 10.6. The summed E-state index contributed by atoms with van der Waals surface area (Å²) in [5, 5.41) is 6.27. The molecular weight excluding hydrogens is 314 g/mol. The van der Waals surface area contributed by atoms with Crippen molar-refractivity contribution in [3.63, 3.8) is 0 Å². The summed E-state index contributed by atoms with van der Waals surface area (Å²) in [4.78, 5) is 23.2. The standard InChI is InChI=1S/C20H25N3O2/c1-13(2)7-12-19(24)23-18-6-4-5-17(14(18)3)22-16-10-8-15(9-11-16)20(21)25/h4-6,8-11,13,22H,7,12H2,1-3H3,(H2,21,25)(H,23,24). The van der Waals surface area contributed by atoms with E-state index >= 15 is 0 Å². The van der Waals surface area contributed by atoms with Gasteiger partial charge in [0.1, 0.15) is 0 Å². The number of amides is 2. The van der Waals surface area contributed by atoms with Crippen LogP contribution < -0.4 is 16.4 Å². The van der Waals surface area contributed by atoms with E-state index in [9.17, 15) is 9.59 Å². The van der Waals surface area contributed by atoms with Crippen molar-refractivity contribution in [3.05, 3.63) is 53.6 Å². The minimum atomic E-state index is -0.450. The van der Waals surface area contributed by atoms with Crippen LogP contribution in [0.4, 0.5) is 17.1 Å². The van der Waals surface area contributed by atoms with E-state index < -0.39 is 5.91 Å². The van der Waals surface area contributed by atoms with Crippen LogP contribution in [0.1, 0.15) is 42.6 Å². The number of hydrogen-bond acceptors (Lipinski definition) is 3. The summed E-state index contributed by atoms with van der Waals surface area (Å²) in [5.74, 6) is 0.0804. The van der Waals surface area contributed by atoms with Crippen molar-refractivity contribution in [2.75, 3.05) is 10.6 Å². The second kappa shape index (κ2) is 8.33. The number of nitrogens with two attached hydrogens (primary N) is 1. The number of anilines is 3. The summed E-state index contributed by atoms with van der Waals surface area (Å²) in [5.41, 5.74) is 9.21. The van der Waals surface area contributed by atoms with Crippen LogP contribution in [-0.4, -0.2) is 11.8 Å². The molecule has 0 saturated heterocycles. The van der Waals surface area contributed by atoms with Gasteiger partial charge in [0.05, 0.1) is 0 Å². The second-order valence-electron chi connectivity index (χ2n) is 6.53. The molecule has 0 saturated carbocycles. The van der Waals surface area contributed by atoms with Crippen LogP contribution in [-0.2, 0) is 4.79 Å². The number of primary amides is 1. The third-order valence-corrected chi connectivity index (χ3v) is 4.01. The van der Waals surface area contributed by atoms with Gasteiger partial charge in [0.2, 0.25) is 11.8 Å². The Morgan fingerprint density at radius 1 is 1.04 bits per heavy atom. The van der Waals surface area contributed by atoms with E-state index in [0.29, 0.717) is 17.9 Å². The van der Waals surface area contributed by atoms with Crippen molar-refractivity contribution >= 4 is 28.9 Å². The highest BCUT2D eigenvalue weighted by atomic mass is 16.1. The molecule has 2 rings (SSSR count). The molecule has 2 aromatic carbocycles. The summed E-state index contributed by atoms with van der Waals surface area (Å²) in [6.07, 6.45) is 1.39. The zero-order valence-corrected chi connectivity index (χ0v) is 14.9. The first kappa shape index (κ1) is 18.5. The van der Waals surface area contributed by atoms with Crippen LogP contribution in [0.15, 0.2) is 42.5 Å². The SMILES string of the molecule is Cc1c(NC(=O)CCC(C)C)cccc1Nc1ccc(C(N)=O)cc1. The van der Waals surface area contributed by atoms with Gasteiger partial charge in [-0.1, -0.05) is 19.9 Å². The van der Waals surface area contributed by atoms with E-state index in [4.69, 9.17) is 5.73 Å². The first-order valence-electron chi connectivity index (χ1n) is 8.43. The zero-order chi connectivity index (χ0) is 18.4. The predicted molar refractivity (Wildman–Crippen MR) is 102 cm³/mol. The predicted octanol–water partition coefficient (Wildman–Crippen LogP) is 4.21. The van der Waals surface area contributed by atoms with Crippen LogP contribution in [0.25, 0.3) is 0 Å². The van der Waals surface area contributed by atoms with Gasteiger partial charge in [0.25, 0.3) is 0 Å². The lowest BCUT2D eigenvalue weighted by Gasteiger charge is -2.15. The third-order valence-electron chi connectivity index (χ3n) is 4.01. The molecule has 0 heterocycles. The van der Waals surface area contributed by atoms with E-state index in [0.717, 1.165) is 29.0 Å². The summed E-state index contributed by atoms with van der Waals surface area (Å²) in [6.45, 7) is 6.16. The number of carbonyl (C=O) groups excluding carboxylic acids is 2. The average Bonchev–Trinajstić information content (AvgIpc) is 2.57. The van der Waals surface area contributed by atoms with Gasteiger partial charge in [-0.25, -0.2) is 0 Å². The Balaban J connectivity index is 2.09. The molecule has 0 aliphatic rings. The van der Waals surface area contributed by atoms with Crippen molar-refractivity contribution in [2.24, 2.45) is 11.7 Å². The molecule has 0 atom stereocenters. The van der Waals surface area contributed by atoms with Gasteiger partial charge in [-0.3, -0.25) is 9.59 Å². The van der Waals surface area contributed by atoms with Crippen LogP contribution in [0.5, 0.6) is 0 Å². The highest BCUT2D eigenvalue weighted by Gasteiger charge is 2.09. The molecule has 25 heavy (non-hydrogen) atoms. The quantitative estimate of drug-likeness (QED) is 0.706. The van der Waals surface area contributed by atoms with E-state index in [1.54, 1.807) is 24.3 Å². The van der Waals surface area contributed by atoms with Gasteiger partial charge < -0.3 is 16.4 Å². The fraction of sp³-hybridized carbons (Fsp3) is 0.300. The molecule has 0 aliphatic heterocycles. The largest absolute Gasteiger partial charge is 0.366 e. The van der Waals surface area contributed by atoms with Crippen molar-refractivity contribution in [3.8, 4) is 0 Å². The van der Waals surface area contributed by atoms with Gasteiger partial charge >= 0.3 is 0 Å². The van der Waals surface area contributed by atoms with Crippen molar-refractivity contribution in [1.29, 1.82) is 0 Å². The second-order valence-corrected chi connectivity index (χ2v) is 6.53. The minimum absolute atomic E-state index is 0.0276. The average molecular weight is 339 g/mol. The van der Waals surface area contributed by atoms with E-state index in [2.05, 4.69) is 24.5 Å². The molecule has 0 fully saturated rings. The number of carbonyl (C=O) groups is 2.